The lowest BCUT2D eigenvalue weighted by Gasteiger charge is -2.11. The van der Waals surface area contributed by atoms with E-state index < -0.39 is 0 Å². The maximum absolute atomic E-state index is 12.5. The van der Waals surface area contributed by atoms with E-state index in [1.807, 2.05) is 24.3 Å². The van der Waals surface area contributed by atoms with E-state index in [0.717, 1.165) is 17.1 Å². The summed E-state index contributed by atoms with van der Waals surface area (Å²) in [4.78, 5) is 21.0. The molecule has 0 saturated heterocycles. The van der Waals surface area contributed by atoms with Gasteiger partial charge in [-0.1, -0.05) is 6.07 Å². The largest absolute Gasteiger partial charge is 0.497 e. The van der Waals surface area contributed by atoms with E-state index in [4.69, 9.17) is 9.47 Å². The Hall–Kier alpha value is -3.15. The summed E-state index contributed by atoms with van der Waals surface area (Å²) in [6, 6.07) is 11.0. The number of rotatable bonds is 6. The minimum absolute atomic E-state index is 0.173. The van der Waals surface area contributed by atoms with Crippen LogP contribution in [0.15, 0.2) is 48.8 Å². The van der Waals surface area contributed by atoms with Gasteiger partial charge in [-0.15, -0.1) is 0 Å². The SMILES string of the molecule is COc1ccc(OC)c(CCNC(=O)c2cccc3nccnc23)c1. The van der Waals surface area contributed by atoms with Gasteiger partial charge in [0.1, 0.15) is 17.0 Å². The van der Waals surface area contributed by atoms with Gasteiger partial charge in [0.05, 0.1) is 25.3 Å². The molecule has 0 spiro atoms. The van der Waals surface area contributed by atoms with E-state index in [9.17, 15) is 4.79 Å². The fraction of sp³-hybridized carbons (Fsp3) is 0.211. The maximum Gasteiger partial charge on any atom is 0.253 e. The van der Waals surface area contributed by atoms with Crippen LogP contribution in [-0.4, -0.2) is 36.6 Å². The Labute approximate surface area is 145 Å². The first kappa shape index (κ1) is 16.7. The molecule has 0 unspecified atom stereocenters. The van der Waals surface area contributed by atoms with Crippen molar-refractivity contribution >= 4 is 16.9 Å². The second-order valence-corrected chi connectivity index (χ2v) is 5.41. The molecule has 1 aromatic heterocycles. The number of aromatic nitrogens is 2. The van der Waals surface area contributed by atoms with Crippen LogP contribution in [0.1, 0.15) is 15.9 Å². The van der Waals surface area contributed by atoms with Gasteiger partial charge in [-0.3, -0.25) is 14.8 Å². The van der Waals surface area contributed by atoms with E-state index in [1.54, 1.807) is 38.7 Å². The fourth-order valence-electron chi connectivity index (χ4n) is 2.66. The zero-order chi connectivity index (χ0) is 17.6. The second-order valence-electron chi connectivity index (χ2n) is 5.41. The van der Waals surface area contributed by atoms with Crippen molar-refractivity contribution in [1.82, 2.24) is 15.3 Å². The average Bonchev–Trinajstić information content (AvgIpc) is 2.67. The second kappa shape index (κ2) is 7.61. The molecule has 0 fully saturated rings. The molecule has 0 radical (unpaired) electrons. The smallest absolute Gasteiger partial charge is 0.253 e. The maximum atomic E-state index is 12.5. The number of ether oxygens (including phenoxy) is 2. The van der Waals surface area contributed by atoms with Crippen molar-refractivity contribution in [2.24, 2.45) is 0 Å². The van der Waals surface area contributed by atoms with Crippen LogP contribution in [0.5, 0.6) is 11.5 Å². The Morgan fingerprint density at radius 2 is 1.92 bits per heavy atom. The van der Waals surface area contributed by atoms with Gasteiger partial charge < -0.3 is 14.8 Å². The van der Waals surface area contributed by atoms with Crippen LogP contribution in [0, 0.1) is 0 Å². The number of hydrogen-bond acceptors (Lipinski definition) is 5. The van der Waals surface area contributed by atoms with E-state index in [1.165, 1.54) is 0 Å². The highest BCUT2D eigenvalue weighted by Gasteiger charge is 2.12. The highest BCUT2D eigenvalue weighted by molar-refractivity contribution is 6.04. The third-order valence-corrected chi connectivity index (χ3v) is 3.91. The number of carbonyl (C=O) groups is 1. The van der Waals surface area contributed by atoms with Crippen molar-refractivity contribution < 1.29 is 14.3 Å². The van der Waals surface area contributed by atoms with Crippen LogP contribution in [0.25, 0.3) is 11.0 Å². The molecule has 1 N–H and O–H groups in total. The van der Waals surface area contributed by atoms with Gasteiger partial charge in [0.2, 0.25) is 0 Å². The molecule has 0 aliphatic rings. The van der Waals surface area contributed by atoms with Crippen LogP contribution >= 0.6 is 0 Å². The van der Waals surface area contributed by atoms with Gasteiger partial charge in [-0.25, -0.2) is 0 Å². The number of carbonyl (C=O) groups excluding carboxylic acids is 1. The highest BCUT2D eigenvalue weighted by Crippen LogP contribution is 2.24. The van der Waals surface area contributed by atoms with Gasteiger partial charge in [-0.2, -0.15) is 0 Å². The van der Waals surface area contributed by atoms with Crippen molar-refractivity contribution in [3.63, 3.8) is 0 Å². The number of para-hydroxylation sites is 1. The Morgan fingerprint density at radius 1 is 1.08 bits per heavy atom. The first-order valence-electron chi connectivity index (χ1n) is 7.91. The summed E-state index contributed by atoms with van der Waals surface area (Å²) < 4.78 is 10.6. The van der Waals surface area contributed by atoms with Crippen molar-refractivity contribution in [3.05, 3.63) is 59.9 Å². The van der Waals surface area contributed by atoms with E-state index >= 15 is 0 Å². The third kappa shape index (κ3) is 3.68. The van der Waals surface area contributed by atoms with Crippen LogP contribution in [0.4, 0.5) is 0 Å². The van der Waals surface area contributed by atoms with Crippen LogP contribution in [0.3, 0.4) is 0 Å². The molecule has 6 heteroatoms. The van der Waals surface area contributed by atoms with Crippen molar-refractivity contribution in [2.75, 3.05) is 20.8 Å². The summed E-state index contributed by atoms with van der Waals surface area (Å²) in [5, 5.41) is 2.93. The Balaban J connectivity index is 1.71. The lowest BCUT2D eigenvalue weighted by molar-refractivity contribution is 0.0955. The Bertz CT molecular complexity index is 891. The number of amides is 1. The first-order valence-corrected chi connectivity index (χ1v) is 7.91. The summed E-state index contributed by atoms with van der Waals surface area (Å²) >= 11 is 0. The lowest BCUT2D eigenvalue weighted by Crippen LogP contribution is -2.26. The summed E-state index contributed by atoms with van der Waals surface area (Å²) in [5.41, 5.74) is 2.79. The van der Waals surface area contributed by atoms with E-state index in [-0.39, 0.29) is 5.91 Å². The van der Waals surface area contributed by atoms with E-state index in [0.29, 0.717) is 29.6 Å². The molecule has 0 bridgehead atoms. The summed E-state index contributed by atoms with van der Waals surface area (Å²) in [6.45, 7) is 0.471. The van der Waals surface area contributed by atoms with Gasteiger partial charge in [0.15, 0.2) is 0 Å². The molecular formula is C19H19N3O3. The Kier molecular flexibility index (Phi) is 5.09. The predicted octanol–water partition coefficient (Wildman–Crippen LogP) is 2.62. The van der Waals surface area contributed by atoms with Crippen molar-refractivity contribution in [3.8, 4) is 11.5 Å². The minimum atomic E-state index is -0.173. The van der Waals surface area contributed by atoms with Gasteiger partial charge in [0, 0.05) is 18.9 Å². The molecule has 1 heterocycles. The summed E-state index contributed by atoms with van der Waals surface area (Å²) in [5.74, 6) is 1.35. The summed E-state index contributed by atoms with van der Waals surface area (Å²) in [7, 11) is 3.24. The highest BCUT2D eigenvalue weighted by atomic mass is 16.5. The fourth-order valence-corrected chi connectivity index (χ4v) is 2.66. The molecule has 3 rings (SSSR count). The topological polar surface area (TPSA) is 73.3 Å². The molecule has 0 saturated carbocycles. The molecule has 25 heavy (non-hydrogen) atoms. The molecule has 0 atom stereocenters. The molecule has 2 aromatic carbocycles. The van der Waals surface area contributed by atoms with Crippen molar-refractivity contribution in [2.45, 2.75) is 6.42 Å². The lowest BCUT2D eigenvalue weighted by atomic mass is 10.1. The number of nitrogens with one attached hydrogen (secondary N) is 1. The zero-order valence-electron chi connectivity index (χ0n) is 14.2. The van der Waals surface area contributed by atoms with Gasteiger partial charge in [-0.05, 0) is 42.3 Å². The van der Waals surface area contributed by atoms with Crippen molar-refractivity contribution in [1.29, 1.82) is 0 Å². The van der Waals surface area contributed by atoms with Gasteiger partial charge >= 0.3 is 0 Å². The molecular weight excluding hydrogens is 318 g/mol. The van der Waals surface area contributed by atoms with Gasteiger partial charge in [0.25, 0.3) is 5.91 Å². The minimum Gasteiger partial charge on any atom is -0.497 e. The van der Waals surface area contributed by atoms with Crippen LogP contribution < -0.4 is 14.8 Å². The summed E-state index contributed by atoms with van der Waals surface area (Å²) in [6.07, 6.45) is 3.82. The quantitative estimate of drug-likeness (QED) is 0.748. The Morgan fingerprint density at radius 3 is 2.72 bits per heavy atom. The molecule has 0 aliphatic heterocycles. The first-order chi connectivity index (χ1) is 12.2. The molecule has 1 amide bonds. The molecule has 0 aliphatic carbocycles. The third-order valence-electron chi connectivity index (χ3n) is 3.91. The molecule has 3 aromatic rings. The normalized spacial score (nSPS) is 10.5. The average molecular weight is 337 g/mol. The standard InChI is InChI=1S/C19H19N3O3/c1-24-14-6-7-17(25-2)13(12-14)8-9-22-19(23)15-4-3-5-16-18(15)21-11-10-20-16/h3-7,10-12H,8-9H2,1-2H3,(H,22,23). The number of benzene rings is 2. The predicted molar refractivity (Wildman–Crippen MR) is 95.1 cm³/mol. The number of hydrogen-bond donors (Lipinski definition) is 1. The number of nitrogens with zero attached hydrogens (tertiary/aromatic N) is 2. The van der Waals surface area contributed by atoms with Crippen LogP contribution in [0.2, 0.25) is 0 Å². The zero-order valence-corrected chi connectivity index (χ0v) is 14.2. The monoisotopic (exact) mass is 337 g/mol. The molecule has 128 valence electrons. The number of methoxy groups -OCH3 is 2. The number of fused-ring (bicyclic) bond motifs is 1. The molecule has 6 nitrogen and oxygen atoms in total. The van der Waals surface area contributed by atoms with Crippen LogP contribution in [-0.2, 0) is 6.42 Å². The van der Waals surface area contributed by atoms with E-state index in [2.05, 4.69) is 15.3 Å².